The number of hydrogen-bond donors (Lipinski definition) is 1. The number of methoxy groups -OCH3 is 1. The number of benzene rings is 1. The molecule has 0 spiro atoms. The lowest BCUT2D eigenvalue weighted by Crippen LogP contribution is -2.08. The molecule has 0 saturated carbocycles. The molecule has 0 aliphatic heterocycles. The summed E-state index contributed by atoms with van der Waals surface area (Å²) >= 11 is 3.16. The summed E-state index contributed by atoms with van der Waals surface area (Å²) in [6, 6.07) is 3.44. The maximum absolute atomic E-state index is 12.0. The van der Waals surface area contributed by atoms with Crippen molar-refractivity contribution in [1.82, 2.24) is 0 Å². The molecule has 0 atom stereocenters. The Morgan fingerprint density at radius 3 is 2.58 bits per heavy atom. The molecule has 0 unspecified atom stereocenters. The highest BCUT2D eigenvalue weighted by Gasteiger charge is 2.27. The van der Waals surface area contributed by atoms with Crippen LogP contribution in [0.3, 0.4) is 0 Å². The van der Waals surface area contributed by atoms with E-state index in [-0.39, 0.29) is 24.1 Å². The first-order chi connectivity index (χ1) is 8.87. The minimum absolute atomic E-state index is 0.0683. The Morgan fingerprint density at radius 1 is 1.37 bits per heavy atom. The molecule has 0 heterocycles. The average molecular weight is 360 g/mol. The van der Waals surface area contributed by atoms with Gasteiger partial charge in [-0.2, -0.15) is 13.2 Å². The van der Waals surface area contributed by atoms with E-state index in [1.807, 2.05) is 0 Å². The summed E-state index contributed by atoms with van der Waals surface area (Å²) in [5, 5.41) is 0. The van der Waals surface area contributed by atoms with E-state index in [4.69, 9.17) is 15.2 Å². The standard InChI is InChI=1S/C11H13BrF3NO2S/c1-17-9-5-7(6-16)4-8(12)10(9)18-2-3-19-11(13,14)15/h4-5H,2-3,6,16H2,1H3. The molecule has 8 heteroatoms. The zero-order chi connectivity index (χ0) is 14.5. The molecule has 3 nitrogen and oxygen atoms in total. The number of rotatable bonds is 6. The normalized spacial score (nSPS) is 11.5. The predicted octanol–water partition coefficient (Wildman–Crippen LogP) is 3.55. The Bertz CT molecular complexity index is 429. The Hall–Kier alpha value is -0.600. The average Bonchev–Trinajstić information content (AvgIpc) is 2.34. The highest BCUT2D eigenvalue weighted by molar-refractivity contribution is 9.10. The van der Waals surface area contributed by atoms with Gasteiger partial charge in [-0.15, -0.1) is 0 Å². The summed E-state index contributed by atoms with van der Waals surface area (Å²) in [7, 11) is 1.46. The van der Waals surface area contributed by atoms with E-state index in [0.29, 0.717) is 22.5 Å². The van der Waals surface area contributed by atoms with Crippen LogP contribution in [0.5, 0.6) is 11.5 Å². The second-order valence-corrected chi connectivity index (χ2v) is 5.47. The summed E-state index contributed by atoms with van der Waals surface area (Å²) in [4.78, 5) is 0. The van der Waals surface area contributed by atoms with Crippen LogP contribution in [0.2, 0.25) is 0 Å². The first-order valence-corrected chi connectivity index (χ1v) is 7.05. The molecular formula is C11H13BrF3NO2S. The molecule has 0 bridgehead atoms. The van der Waals surface area contributed by atoms with Gasteiger partial charge in [-0.1, -0.05) is 0 Å². The van der Waals surface area contributed by atoms with Crippen LogP contribution in [0, 0.1) is 0 Å². The van der Waals surface area contributed by atoms with E-state index in [9.17, 15) is 13.2 Å². The molecule has 1 aromatic carbocycles. The Kier molecular flexibility index (Phi) is 6.28. The van der Waals surface area contributed by atoms with Gasteiger partial charge in [0.05, 0.1) is 18.2 Å². The maximum atomic E-state index is 12.0. The van der Waals surface area contributed by atoms with Crippen LogP contribution in [0.25, 0.3) is 0 Å². The lowest BCUT2D eigenvalue weighted by Gasteiger charge is -2.14. The van der Waals surface area contributed by atoms with Crippen molar-refractivity contribution in [3.63, 3.8) is 0 Å². The van der Waals surface area contributed by atoms with Gasteiger partial charge in [0.15, 0.2) is 11.5 Å². The van der Waals surface area contributed by atoms with Gasteiger partial charge >= 0.3 is 5.51 Å². The Balaban J connectivity index is 2.67. The fourth-order valence-electron chi connectivity index (χ4n) is 1.33. The van der Waals surface area contributed by atoms with Gasteiger partial charge in [-0.25, -0.2) is 0 Å². The van der Waals surface area contributed by atoms with Crippen molar-refractivity contribution < 1.29 is 22.6 Å². The second-order valence-electron chi connectivity index (χ2n) is 3.46. The lowest BCUT2D eigenvalue weighted by molar-refractivity contribution is -0.0329. The van der Waals surface area contributed by atoms with Crippen molar-refractivity contribution >= 4 is 27.7 Å². The van der Waals surface area contributed by atoms with Crippen molar-refractivity contribution in [2.75, 3.05) is 19.5 Å². The topological polar surface area (TPSA) is 44.5 Å². The summed E-state index contributed by atoms with van der Waals surface area (Å²) in [6.07, 6.45) is 0. The van der Waals surface area contributed by atoms with Crippen LogP contribution in [-0.4, -0.2) is 25.0 Å². The molecule has 1 rings (SSSR count). The van der Waals surface area contributed by atoms with Crippen LogP contribution in [0.4, 0.5) is 13.2 Å². The van der Waals surface area contributed by atoms with Crippen LogP contribution in [0.1, 0.15) is 5.56 Å². The van der Waals surface area contributed by atoms with Crippen LogP contribution in [-0.2, 0) is 6.54 Å². The molecule has 19 heavy (non-hydrogen) atoms. The van der Waals surface area contributed by atoms with Gasteiger partial charge in [-0.05, 0) is 45.4 Å². The third-order valence-corrected chi connectivity index (χ3v) is 3.41. The van der Waals surface area contributed by atoms with E-state index in [1.54, 1.807) is 12.1 Å². The highest BCUT2D eigenvalue weighted by atomic mass is 79.9. The van der Waals surface area contributed by atoms with Gasteiger partial charge in [-0.3, -0.25) is 0 Å². The monoisotopic (exact) mass is 359 g/mol. The van der Waals surface area contributed by atoms with Crippen molar-refractivity contribution in [3.8, 4) is 11.5 Å². The van der Waals surface area contributed by atoms with Crippen LogP contribution in [0.15, 0.2) is 16.6 Å². The molecule has 0 aliphatic rings. The number of hydrogen-bond acceptors (Lipinski definition) is 4. The number of alkyl halides is 3. The van der Waals surface area contributed by atoms with Crippen LogP contribution >= 0.6 is 27.7 Å². The highest BCUT2D eigenvalue weighted by Crippen LogP contribution is 2.37. The number of halogens is 4. The number of thioether (sulfide) groups is 1. The third kappa shape index (κ3) is 5.50. The number of nitrogens with two attached hydrogens (primary N) is 1. The van der Waals surface area contributed by atoms with Crippen LogP contribution < -0.4 is 15.2 Å². The quantitative estimate of drug-likeness (QED) is 0.789. The van der Waals surface area contributed by atoms with Crippen molar-refractivity contribution in [2.45, 2.75) is 12.1 Å². The molecular weight excluding hydrogens is 347 g/mol. The summed E-state index contributed by atoms with van der Waals surface area (Å²) in [5.41, 5.74) is 2.11. The third-order valence-electron chi connectivity index (χ3n) is 2.12. The zero-order valence-electron chi connectivity index (χ0n) is 10.1. The fourth-order valence-corrected chi connectivity index (χ4v) is 2.33. The maximum Gasteiger partial charge on any atom is 0.441 e. The van der Waals surface area contributed by atoms with E-state index in [2.05, 4.69) is 15.9 Å². The van der Waals surface area contributed by atoms with Gasteiger partial charge in [0, 0.05) is 12.3 Å². The van der Waals surface area contributed by atoms with Crippen molar-refractivity contribution in [2.24, 2.45) is 5.73 Å². The number of ether oxygens (including phenoxy) is 2. The van der Waals surface area contributed by atoms with E-state index >= 15 is 0 Å². The van der Waals surface area contributed by atoms with Gasteiger partial charge in [0.25, 0.3) is 0 Å². The molecule has 0 amide bonds. The van der Waals surface area contributed by atoms with E-state index in [0.717, 1.165) is 5.56 Å². The smallest absolute Gasteiger partial charge is 0.441 e. The van der Waals surface area contributed by atoms with Gasteiger partial charge < -0.3 is 15.2 Å². The molecule has 0 aromatic heterocycles. The SMILES string of the molecule is COc1cc(CN)cc(Br)c1OCCSC(F)(F)F. The largest absolute Gasteiger partial charge is 0.493 e. The fraction of sp³-hybridized carbons (Fsp3) is 0.455. The molecule has 0 saturated heterocycles. The summed E-state index contributed by atoms with van der Waals surface area (Å²) in [5.74, 6) is 0.631. The summed E-state index contributed by atoms with van der Waals surface area (Å²) in [6.45, 7) is 0.264. The molecule has 0 aliphatic carbocycles. The molecule has 1 aromatic rings. The summed E-state index contributed by atoms with van der Waals surface area (Å²) < 4.78 is 46.9. The molecule has 2 N–H and O–H groups in total. The first kappa shape index (κ1) is 16.5. The minimum Gasteiger partial charge on any atom is -0.493 e. The van der Waals surface area contributed by atoms with Gasteiger partial charge in [0.1, 0.15) is 0 Å². The van der Waals surface area contributed by atoms with Gasteiger partial charge in [0.2, 0.25) is 0 Å². The zero-order valence-corrected chi connectivity index (χ0v) is 12.5. The molecule has 0 radical (unpaired) electrons. The van der Waals surface area contributed by atoms with E-state index < -0.39 is 5.51 Å². The molecule has 108 valence electrons. The van der Waals surface area contributed by atoms with Crippen molar-refractivity contribution in [1.29, 1.82) is 0 Å². The Morgan fingerprint density at radius 2 is 2.05 bits per heavy atom. The second kappa shape index (κ2) is 7.25. The lowest BCUT2D eigenvalue weighted by atomic mass is 10.2. The first-order valence-electron chi connectivity index (χ1n) is 5.27. The molecule has 0 fully saturated rings. The predicted molar refractivity (Wildman–Crippen MR) is 72.6 cm³/mol. The Labute approximate surface area is 121 Å². The minimum atomic E-state index is -4.24. The van der Waals surface area contributed by atoms with Crippen molar-refractivity contribution in [3.05, 3.63) is 22.2 Å². The van der Waals surface area contributed by atoms with E-state index in [1.165, 1.54) is 7.11 Å².